The Labute approximate surface area is 209 Å². The van der Waals surface area contributed by atoms with Crippen molar-refractivity contribution in [1.82, 2.24) is 9.47 Å². The Morgan fingerprint density at radius 3 is 2.62 bits per heavy atom. The molecule has 0 radical (unpaired) electrons. The highest BCUT2D eigenvalue weighted by molar-refractivity contribution is 8.26. The van der Waals surface area contributed by atoms with E-state index in [1.165, 1.54) is 11.8 Å². The lowest BCUT2D eigenvalue weighted by molar-refractivity contribution is -0.122. The van der Waals surface area contributed by atoms with Crippen LogP contribution in [0.5, 0.6) is 0 Å². The van der Waals surface area contributed by atoms with Crippen LogP contribution in [0.1, 0.15) is 42.5 Å². The number of anilines is 1. The predicted molar refractivity (Wildman–Crippen MR) is 141 cm³/mol. The number of thioether (sulfide) groups is 1. The van der Waals surface area contributed by atoms with Crippen molar-refractivity contribution in [2.45, 2.75) is 40.3 Å². The highest BCUT2D eigenvalue weighted by Crippen LogP contribution is 2.35. The maximum Gasteiger partial charge on any atom is 0.270 e. The van der Waals surface area contributed by atoms with Gasteiger partial charge in [-0.15, -0.1) is 0 Å². The van der Waals surface area contributed by atoms with Gasteiger partial charge in [0, 0.05) is 38.4 Å². The van der Waals surface area contributed by atoms with Crippen LogP contribution in [0, 0.1) is 18.3 Å². The molecule has 1 amide bonds. The van der Waals surface area contributed by atoms with Gasteiger partial charge in [0.05, 0.1) is 4.91 Å². The summed E-state index contributed by atoms with van der Waals surface area (Å²) in [4.78, 5) is 28.1. The molecule has 2 heterocycles. The SMILES string of the molecule is CCOCCCN1C(=O)/C(=C\c2c(C)c(C#N)c(=O)n(CC)c2NCc2ccccc2)SC1=S. The molecule has 3 rings (SSSR count). The summed E-state index contributed by atoms with van der Waals surface area (Å²) in [5.41, 5.74) is 1.95. The second-order valence-corrected chi connectivity index (χ2v) is 9.32. The number of rotatable bonds is 10. The average Bonchev–Trinajstić information content (AvgIpc) is 3.10. The summed E-state index contributed by atoms with van der Waals surface area (Å²) >= 11 is 6.68. The summed E-state index contributed by atoms with van der Waals surface area (Å²) in [6.45, 7) is 8.07. The Morgan fingerprint density at radius 1 is 1.24 bits per heavy atom. The standard InChI is InChI=1S/C25H28N4O3S2/c1-4-28-22(27-16-18-10-7-6-8-11-18)19(17(3)20(15-26)23(28)30)14-21-24(31)29(25(33)34-21)12-9-13-32-5-2/h6-8,10-11,14,27H,4-5,9,12-13,16H2,1-3H3/b21-14+. The van der Waals surface area contributed by atoms with Crippen molar-refractivity contribution in [3.05, 3.63) is 67.8 Å². The molecule has 0 unspecified atom stereocenters. The molecule has 9 heteroatoms. The van der Waals surface area contributed by atoms with Crippen molar-refractivity contribution < 1.29 is 9.53 Å². The summed E-state index contributed by atoms with van der Waals surface area (Å²) in [5, 5.41) is 13.0. The van der Waals surface area contributed by atoms with Crippen LogP contribution >= 0.6 is 24.0 Å². The Bertz CT molecular complexity index is 1200. The van der Waals surface area contributed by atoms with Crippen LogP contribution in [0.25, 0.3) is 6.08 Å². The highest BCUT2D eigenvalue weighted by atomic mass is 32.2. The molecule has 2 aromatic rings. The molecule has 0 atom stereocenters. The number of benzene rings is 1. The van der Waals surface area contributed by atoms with E-state index in [0.29, 0.717) is 65.4 Å². The molecule has 0 spiro atoms. The number of nitrogens with one attached hydrogen (secondary N) is 1. The van der Waals surface area contributed by atoms with Gasteiger partial charge in [0.2, 0.25) is 0 Å². The molecule has 0 bridgehead atoms. The molecule has 1 saturated heterocycles. The Balaban J connectivity index is 2.01. The lowest BCUT2D eigenvalue weighted by atomic mass is 10.0. The minimum atomic E-state index is -0.348. The smallest absolute Gasteiger partial charge is 0.270 e. The van der Waals surface area contributed by atoms with Crippen molar-refractivity contribution in [2.75, 3.05) is 25.1 Å². The van der Waals surface area contributed by atoms with Crippen LogP contribution in [-0.4, -0.2) is 39.5 Å². The van der Waals surface area contributed by atoms with Crippen LogP contribution in [0.2, 0.25) is 0 Å². The number of ether oxygens (including phenoxy) is 1. The summed E-state index contributed by atoms with van der Waals surface area (Å²) in [6.07, 6.45) is 2.44. The van der Waals surface area contributed by atoms with E-state index in [1.807, 2.05) is 50.2 Å². The van der Waals surface area contributed by atoms with E-state index in [9.17, 15) is 14.9 Å². The maximum atomic E-state index is 13.1. The predicted octanol–water partition coefficient (Wildman–Crippen LogP) is 4.29. The molecule has 0 aliphatic carbocycles. The van der Waals surface area contributed by atoms with E-state index in [-0.39, 0.29) is 17.0 Å². The number of nitrogens with zero attached hydrogens (tertiary/aromatic N) is 3. The van der Waals surface area contributed by atoms with E-state index in [1.54, 1.807) is 22.5 Å². The normalized spacial score (nSPS) is 14.6. The molecule has 1 aromatic heterocycles. The first-order valence-electron chi connectivity index (χ1n) is 11.2. The van der Waals surface area contributed by atoms with Gasteiger partial charge in [0.1, 0.15) is 21.8 Å². The first-order chi connectivity index (χ1) is 16.4. The highest BCUT2D eigenvalue weighted by Gasteiger charge is 2.32. The number of pyridine rings is 1. The average molecular weight is 497 g/mol. The number of thiocarbonyl (C=S) groups is 1. The van der Waals surface area contributed by atoms with Gasteiger partial charge < -0.3 is 10.1 Å². The summed E-state index contributed by atoms with van der Waals surface area (Å²) < 4.78 is 7.41. The zero-order valence-corrected chi connectivity index (χ0v) is 21.2. The fourth-order valence-electron chi connectivity index (χ4n) is 3.73. The van der Waals surface area contributed by atoms with E-state index < -0.39 is 0 Å². The Kier molecular flexibility index (Phi) is 9.05. The van der Waals surface area contributed by atoms with Gasteiger partial charge in [0.15, 0.2) is 0 Å². The zero-order valence-electron chi connectivity index (χ0n) is 19.6. The molecule has 7 nitrogen and oxygen atoms in total. The van der Waals surface area contributed by atoms with Crippen molar-refractivity contribution >= 4 is 46.1 Å². The molecule has 178 valence electrons. The Hall–Kier alpha value is -2.93. The molecule has 34 heavy (non-hydrogen) atoms. The molecule has 1 N–H and O–H groups in total. The molecule has 1 aliphatic rings. The van der Waals surface area contributed by atoms with E-state index in [4.69, 9.17) is 17.0 Å². The van der Waals surface area contributed by atoms with Crippen LogP contribution in [0.15, 0.2) is 40.0 Å². The third-order valence-electron chi connectivity index (χ3n) is 5.52. The van der Waals surface area contributed by atoms with Crippen LogP contribution in [-0.2, 0) is 22.6 Å². The molecule has 1 aliphatic heterocycles. The molecule has 1 fully saturated rings. The number of aromatic nitrogens is 1. The summed E-state index contributed by atoms with van der Waals surface area (Å²) in [7, 11) is 0. The van der Waals surface area contributed by atoms with Gasteiger partial charge in [-0.05, 0) is 44.4 Å². The van der Waals surface area contributed by atoms with Gasteiger partial charge in [0.25, 0.3) is 11.5 Å². The third-order valence-corrected chi connectivity index (χ3v) is 6.90. The Morgan fingerprint density at radius 2 is 1.97 bits per heavy atom. The largest absolute Gasteiger partial charge is 0.382 e. The number of carbonyl (C=O) groups excluding carboxylic acids is 1. The number of nitriles is 1. The van der Waals surface area contributed by atoms with Crippen LogP contribution in [0.3, 0.4) is 0 Å². The van der Waals surface area contributed by atoms with Gasteiger partial charge in [-0.25, -0.2) is 0 Å². The first kappa shape index (κ1) is 25.7. The minimum absolute atomic E-state index is 0.0746. The second kappa shape index (κ2) is 12.0. The van der Waals surface area contributed by atoms with Gasteiger partial charge in [-0.1, -0.05) is 54.3 Å². The lowest BCUT2D eigenvalue weighted by Gasteiger charge is -2.19. The van der Waals surface area contributed by atoms with E-state index >= 15 is 0 Å². The minimum Gasteiger partial charge on any atom is -0.382 e. The van der Waals surface area contributed by atoms with Crippen molar-refractivity contribution in [2.24, 2.45) is 0 Å². The van der Waals surface area contributed by atoms with Crippen molar-refractivity contribution in [3.63, 3.8) is 0 Å². The van der Waals surface area contributed by atoms with E-state index in [0.717, 1.165) is 5.56 Å². The number of hydrogen-bond donors (Lipinski definition) is 1. The summed E-state index contributed by atoms with van der Waals surface area (Å²) in [5.74, 6) is 0.405. The zero-order chi connectivity index (χ0) is 24.7. The van der Waals surface area contributed by atoms with Crippen molar-refractivity contribution in [3.8, 4) is 6.07 Å². The topological polar surface area (TPSA) is 87.4 Å². The number of carbonyl (C=O) groups is 1. The third kappa shape index (κ3) is 5.58. The monoisotopic (exact) mass is 496 g/mol. The number of amides is 1. The first-order valence-corrected chi connectivity index (χ1v) is 12.4. The van der Waals surface area contributed by atoms with Gasteiger partial charge in [-0.2, -0.15) is 5.26 Å². The molecular weight excluding hydrogens is 468 g/mol. The van der Waals surface area contributed by atoms with Crippen molar-refractivity contribution in [1.29, 1.82) is 5.26 Å². The number of hydrogen-bond acceptors (Lipinski definition) is 7. The van der Waals surface area contributed by atoms with Crippen LogP contribution in [0.4, 0.5) is 5.82 Å². The molecule has 0 saturated carbocycles. The molecule has 1 aromatic carbocycles. The second-order valence-electron chi connectivity index (χ2n) is 7.65. The lowest BCUT2D eigenvalue weighted by Crippen LogP contribution is -2.30. The fraction of sp³-hybridized carbons (Fsp3) is 0.360. The summed E-state index contributed by atoms with van der Waals surface area (Å²) in [6, 6.07) is 11.9. The molecular formula is C25H28N4O3S2. The quantitative estimate of drug-likeness (QED) is 0.298. The van der Waals surface area contributed by atoms with Gasteiger partial charge >= 0.3 is 0 Å². The van der Waals surface area contributed by atoms with Gasteiger partial charge in [-0.3, -0.25) is 19.1 Å². The van der Waals surface area contributed by atoms with Crippen LogP contribution < -0.4 is 10.9 Å². The van der Waals surface area contributed by atoms with E-state index in [2.05, 4.69) is 5.32 Å². The maximum absolute atomic E-state index is 13.1. The fourth-order valence-corrected chi connectivity index (χ4v) is 5.02.